The molecule has 2 atom stereocenters. The van der Waals surface area contributed by atoms with Gasteiger partial charge in [0.15, 0.2) is 17.2 Å². The second kappa shape index (κ2) is 11.5. The van der Waals surface area contributed by atoms with Gasteiger partial charge in [0, 0.05) is 49.5 Å². The molecule has 5 rings (SSSR count). The third kappa shape index (κ3) is 6.15. The zero-order valence-corrected chi connectivity index (χ0v) is 21.9. The van der Waals surface area contributed by atoms with Crippen LogP contribution in [0.2, 0.25) is 0 Å². The molecule has 0 saturated carbocycles. The van der Waals surface area contributed by atoms with E-state index in [1.807, 2.05) is 0 Å². The van der Waals surface area contributed by atoms with E-state index >= 15 is 0 Å². The van der Waals surface area contributed by atoms with E-state index in [1.165, 1.54) is 29.2 Å². The lowest BCUT2D eigenvalue weighted by molar-refractivity contribution is -0.140. The highest BCUT2D eigenvalue weighted by atomic mass is 19.4. The van der Waals surface area contributed by atoms with E-state index in [1.54, 1.807) is 25.1 Å². The number of nitrogens with zero attached hydrogens (tertiary/aromatic N) is 4. The summed E-state index contributed by atoms with van der Waals surface area (Å²) in [5, 5.41) is 26.8. The summed E-state index contributed by atoms with van der Waals surface area (Å²) in [5.41, 5.74) is 1.10. The first-order valence-corrected chi connectivity index (χ1v) is 12.9. The maximum atomic E-state index is 13.4. The van der Waals surface area contributed by atoms with E-state index in [-0.39, 0.29) is 23.1 Å². The summed E-state index contributed by atoms with van der Waals surface area (Å²) in [7, 11) is 0. The van der Waals surface area contributed by atoms with Crippen LogP contribution in [0.4, 0.5) is 24.7 Å². The second-order valence-electron chi connectivity index (χ2n) is 9.66. The second-order valence-corrected chi connectivity index (χ2v) is 9.66. The van der Waals surface area contributed by atoms with Crippen molar-refractivity contribution >= 4 is 29.0 Å². The number of aliphatic hydroxyl groups excluding tert-OH is 1. The number of hydrogen-bond acceptors (Lipinski definition) is 8. The molecule has 0 radical (unpaired) electrons. The van der Waals surface area contributed by atoms with Gasteiger partial charge in [0.2, 0.25) is 5.91 Å². The standard InChI is InChI=1S/C26H28F3N9O3/c1-14-9-15(3-4-17(14)24(40)31-5-2-6-32-25(41)19-10-16(39)11-33-19)36-22-23-34-13-20(38(23)8-7-30-22)18-12-35-37-21(18)26(27,28)29/h3-4,7-9,12-13,16,19,33,39H,2,5-6,10-11H2,1H3,(H,30,36)(H,31,40)(H,32,41)(H,35,37)/t16-,19+/m1/s1. The minimum absolute atomic E-state index is 0.138. The van der Waals surface area contributed by atoms with Crippen LogP contribution in [0.3, 0.4) is 0 Å². The Morgan fingerprint density at radius 1 is 1.20 bits per heavy atom. The number of aromatic amines is 1. The van der Waals surface area contributed by atoms with Crippen LogP contribution in [-0.2, 0) is 11.0 Å². The number of anilines is 2. The number of halogens is 3. The number of β-amino-alcohol motifs (C(OH)–C–C–N with tert-alkyl or cyclic N) is 1. The third-order valence-electron chi connectivity index (χ3n) is 6.71. The molecule has 1 aromatic carbocycles. The van der Waals surface area contributed by atoms with E-state index in [9.17, 15) is 27.9 Å². The van der Waals surface area contributed by atoms with Crippen molar-refractivity contribution in [3.05, 3.63) is 59.8 Å². The van der Waals surface area contributed by atoms with Crippen molar-refractivity contribution in [3.8, 4) is 11.3 Å². The van der Waals surface area contributed by atoms with E-state index in [2.05, 4.69) is 41.4 Å². The van der Waals surface area contributed by atoms with Gasteiger partial charge in [0.1, 0.15) is 0 Å². The number of hydrogen-bond donors (Lipinski definition) is 6. The van der Waals surface area contributed by atoms with Gasteiger partial charge >= 0.3 is 6.18 Å². The van der Waals surface area contributed by atoms with Gasteiger partial charge in [-0.05, 0) is 43.5 Å². The number of alkyl halides is 3. The number of nitrogens with one attached hydrogen (secondary N) is 5. The van der Waals surface area contributed by atoms with Gasteiger partial charge in [-0.25, -0.2) is 9.97 Å². The van der Waals surface area contributed by atoms with E-state index in [4.69, 9.17) is 0 Å². The Bertz CT molecular complexity index is 1570. The van der Waals surface area contributed by atoms with Crippen LogP contribution in [0.15, 0.2) is 43.0 Å². The number of imidazole rings is 1. The Kier molecular flexibility index (Phi) is 7.90. The van der Waals surface area contributed by atoms with Crippen LogP contribution in [0.1, 0.15) is 34.5 Å². The molecule has 0 spiro atoms. The topological polar surface area (TPSA) is 161 Å². The summed E-state index contributed by atoms with van der Waals surface area (Å²) in [5.74, 6) is -0.118. The fourth-order valence-corrected chi connectivity index (χ4v) is 4.68. The zero-order valence-electron chi connectivity index (χ0n) is 21.9. The lowest BCUT2D eigenvalue weighted by Gasteiger charge is -2.13. The lowest BCUT2D eigenvalue weighted by Crippen LogP contribution is -2.41. The van der Waals surface area contributed by atoms with Gasteiger partial charge in [-0.3, -0.25) is 19.1 Å². The zero-order chi connectivity index (χ0) is 29.1. The molecule has 4 aromatic rings. The number of rotatable bonds is 9. The maximum Gasteiger partial charge on any atom is 0.435 e. The number of H-pyrrole nitrogens is 1. The van der Waals surface area contributed by atoms with Gasteiger partial charge in [0.05, 0.1) is 29.6 Å². The van der Waals surface area contributed by atoms with Gasteiger partial charge in [-0.15, -0.1) is 0 Å². The Labute approximate surface area is 231 Å². The van der Waals surface area contributed by atoms with E-state index < -0.39 is 24.0 Å². The quantitative estimate of drug-likeness (QED) is 0.167. The summed E-state index contributed by atoms with van der Waals surface area (Å²) in [6.07, 6.45) is 1.22. The predicted octanol–water partition coefficient (Wildman–Crippen LogP) is 2.15. The monoisotopic (exact) mass is 571 g/mol. The first kappa shape index (κ1) is 28.0. The largest absolute Gasteiger partial charge is 0.435 e. The number of carbonyl (C=O) groups excluding carboxylic acids is 2. The van der Waals surface area contributed by atoms with Crippen LogP contribution in [0.5, 0.6) is 0 Å². The molecule has 3 aromatic heterocycles. The van der Waals surface area contributed by atoms with Crippen LogP contribution >= 0.6 is 0 Å². The summed E-state index contributed by atoms with van der Waals surface area (Å²) >= 11 is 0. The highest BCUT2D eigenvalue weighted by molar-refractivity contribution is 5.96. The van der Waals surface area contributed by atoms with Gasteiger partial charge in [-0.1, -0.05) is 0 Å². The van der Waals surface area contributed by atoms with Crippen LogP contribution < -0.4 is 21.3 Å². The number of aryl methyl sites for hydroxylation is 1. The van der Waals surface area contributed by atoms with Crippen molar-refractivity contribution in [2.24, 2.45) is 0 Å². The van der Waals surface area contributed by atoms with Crippen molar-refractivity contribution in [1.29, 1.82) is 0 Å². The van der Waals surface area contributed by atoms with Gasteiger partial charge in [0.25, 0.3) is 5.91 Å². The number of aromatic nitrogens is 5. The van der Waals surface area contributed by atoms with Crippen molar-refractivity contribution in [2.45, 2.75) is 38.1 Å². The molecule has 216 valence electrons. The SMILES string of the molecule is Cc1cc(Nc2nccn3c(-c4c[nH]nc4C(F)(F)F)cnc23)ccc1C(=O)NCCCNC(=O)[C@@H]1C[C@@H](O)CN1. The maximum absolute atomic E-state index is 13.4. The highest BCUT2D eigenvalue weighted by Gasteiger charge is 2.37. The smallest absolute Gasteiger partial charge is 0.392 e. The molecule has 4 heterocycles. The number of amides is 2. The summed E-state index contributed by atoms with van der Waals surface area (Å²) in [4.78, 5) is 33.3. The molecule has 1 fully saturated rings. The first-order valence-electron chi connectivity index (χ1n) is 12.9. The molecule has 12 nitrogen and oxygen atoms in total. The molecule has 41 heavy (non-hydrogen) atoms. The molecule has 1 aliphatic rings. The molecule has 2 amide bonds. The number of benzene rings is 1. The molecule has 0 bridgehead atoms. The van der Waals surface area contributed by atoms with Crippen molar-refractivity contribution < 1.29 is 27.9 Å². The Morgan fingerprint density at radius 2 is 2.00 bits per heavy atom. The molecule has 0 unspecified atom stereocenters. The third-order valence-corrected chi connectivity index (χ3v) is 6.71. The van der Waals surface area contributed by atoms with Crippen molar-refractivity contribution in [3.63, 3.8) is 0 Å². The average Bonchev–Trinajstić information content (AvgIpc) is 3.68. The number of aliphatic hydroxyl groups is 1. The van der Waals surface area contributed by atoms with Crippen molar-refractivity contribution in [1.82, 2.24) is 40.5 Å². The number of fused-ring (bicyclic) bond motifs is 1. The molecule has 1 saturated heterocycles. The molecule has 1 aliphatic heterocycles. The molecular weight excluding hydrogens is 543 g/mol. The minimum Gasteiger partial charge on any atom is -0.392 e. The average molecular weight is 572 g/mol. The Morgan fingerprint density at radius 3 is 2.73 bits per heavy atom. The summed E-state index contributed by atoms with van der Waals surface area (Å²) in [6, 6.07) is 4.71. The highest BCUT2D eigenvalue weighted by Crippen LogP contribution is 2.36. The van der Waals surface area contributed by atoms with Gasteiger partial charge in [-0.2, -0.15) is 18.3 Å². The van der Waals surface area contributed by atoms with Crippen molar-refractivity contribution in [2.75, 3.05) is 25.0 Å². The lowest BCUT2D eigenvalue weighted by atomic mass is 10.1. The minimum atomic E-state index is -4.63. The molecular formula is C26H28F3N9O3. The Hall–Kier alpha value is -4.50. The van der Waals surface area contributed by atoms with Crippen LogP contribution in [0, 0.1) is 6.92 Å². The molecule has 0 aliphatic carbocycles. The molecule has 6 N–H and O–H groups in total. The number of carbonyl (C=O) groups is 2. The van der Waals surface area contributed by atoms with E-state index in [0.717, 1.165) is 0 Å². The Balaban J connectivity index is 1.20. The normalized spacial score (nSPS) is 17.1. The van der Waals surface area contributed by atoms with Crippen LogP contribution in [0.25, 0.3) is 16.9 Å². The summed E-state index contributed by atoms with van der Waals surface area (Å²) < 4.78 is 41.6. The predicted molar refractivity (Wildman–Crippen MR) is 142 cm³/mol. The van der Waals surface area contributed by atoms with Gasteiger partial charge < -0.3 is 26.4 Å². The first-order chi connectivity index (χ1) is 19.6. The summed E-state index contributed by atoms with van der Waals surface area (Å²) in [6.45, 7) is 2.93. The van der Waals surface area contributed by atoms with E-state index in [0.29, 0.717) is 60.8 Å². The van der Waals surface area contributed by atoms with Crippen LogP contribution in [-0.4, -0.2) is 73.3 Å². The fraction of sp³-hybridized carbons (Fsp3) is 0.346. The fourth-order valence-electron chi connectivity index (χ4n) is 4.68. The molecule has 15 heteroatoms.